The lowest BCUT2D eigenvalue weighted by atomic mass is 10.1. The van der Waals surface area contributed by atoms with Gasteiger partial charge in [0.15, 0.2) is 0 Å². The van der Waals surface area contributed by atoms with Crippen LogP contribution in [0.4, 0.5) is 0 Å². The number of ether oxygens (including phenoxy) is 2. The summed E-state index contributed by atoms with van der Waals surface area (Å²) in [5, 5.41) is 12.3. The van der Waals surface area contributed by atoms with E-state index in [0.29, 0.717) is 12.0 Å². The molecule has 0 spiro atoms. The van der Waals surface area contributed by atoms with Crippen molar-refractivity contribution in [1.82, 2.24) is 9.55 Å². The summed E-state index contributed by atoms with van der Waals surface area (Å²) in [6.45, 7) is -0.270. The van der Waals surface area contributed by atoms with Crippen LogP contribution in [0.3, 0.4) is 0 Å². The number of aromatic amines is 1. The number of H-pyrrole nitrogens is 1. The average Bonchev–Trinajstić information content (AvgIpc) is 3.16. The Balaban J connectivity index is 1.75. The molecule has 1 aliphatic rings. The van der Waals surface area contributed by atoms with Crippen molar-refractivity contribution < 1.29 is 24.2 Å². The number of rotatable bonds is 9. The van der Waals surface area contributed by atoms with Crippen LogP contribution in [-0.2, 0) is 25.5 Å². The minimum Gasteiger partial charge on any atom is -0.481 e. The van der Waals surface area contributed by atoms with Gasteiger partial charge in [0, 0.05) is 29.5 Å². The fourth-order valence-electron chi connectivity index (χ4n) is 3.36. The molecule has 0 unspecified atom stereocenters. The van der Waals surface area contributed by atoms with E-state index >= 15 is 0 Å². The Hall–Kier alpha value is -3.89. The zero-order valence-corrected chi connectivity index (χ0v) is 16.9. The number of carbonyl (C=O) groups is 2. The molecule has 0 bridgehead atoms. The molecule has 1 aromatic carbocycles. The van der Waals surface area contributed by atoms with E-state index in [2.05, 4.69) is 15.0 Å². The van der Waals surface area contributed by atoms with E-state index in [4.69, 9.17) is 20.1 Å². The SMILES string of the molecule is [N-]=[N+]=N[C@@H]1C[C@@H](n2cc(Cc3ccccc3)c(=O)[nH]c2=O)O[C@H]1COC(=O)CCC(=O)O. The summed E-state index contributed by atoms with van der Waals surface area (Å²) in [5.74, 6) is -1.86. The molecule has 0 radical (unpaired) electrons. The second-order valence-corrected chi connectivity index (χ2v) is 7.20. The lowest BCUT2D eigenvalue weighted by Gasteiger charge is -2.17. The molecule has 2 heterocycles. The maximum atomic E-state index is 12.4. The average molecular weight is 443 g/mol. The largest absolute Gasteiger partial charge is 0.481 e. The molecule has 32 heavy (non-hydrogen) atoms. The monoisotopic (exact) mass is 443 g/mol. The number of hydrogen-bond donors (Lipinski definition) is 2. The van der Waals surface area contributed by atoms with E-state index in [1.165, 1.54) is 10.8 Å². The van der Waals surface area contributed by atoms with Gasteiger partial charge in [-0.1, -0.05) is 35.4 Å². The second kappa shape index (κ2) is 10.4. The standard InChI is InChI=1S/C20H21N5O7/c21-24-23-14-9-16(32-15(14)11-31-18(28)7-6-17(26)27)25-10-13(19(29)22-20(25)30)8-12-4-2-1-3-5-12/h1-5,10,14-16H,6-9,11H2,(H,26,27)(H,22,29,30)/t14-,15+,16+/m1/s1. The number of benzene rings is 1. The van der Waals surface area contributed by atoms with Crippen molar-refractivity contribution in [2.45, 2.75) is 44.1 Å². The molecule has 3 atom stereocenters. The molecule has 0 saturated carbocycles. The van der Waals surface area contributed by atoms with Crippen LogP contribution >= 0.6 is 0 Å². The highest BCUT2D eigenvalue weighted by Gasteiger charge is 2.37. The van der Waals surface area contributed by atoms with Crippen molar-refractivity contribution >= 4 is 11.9 Å². The van der Waals surface area contributed by atoms with Crippen molar-refractivity contribution in [2.24, 2.45) is 5.11 Å². The van der Waals surface area contributed by atoms with Crippen LogP contribution in [0.2, 0.25) is 0 Å². The van der Waals surface area contributed by atoms with Gasteiger partial charge in [-0.25, -0.2) is 4.79 Å². The third-order valence-electron chi connectivity index (χ3n) is 4.94. The third-order valence-corrected chi connectivity index (χ3v) is 4.94. The van der Waals surface area contributed by atoms with Gasteiger partial charge < -0.3 is 14.6 Å². The number of nitrogens with zero attached hydrogens (tertiary/aromatic N) is 4. The number of carboxylic acid groups (broad SMARTS) is 1. The van der Waals surface area contributed by atoms with Crippen molar-refractivity contribution in [1.29, 1.82) is 0 Å². The van der Waals surface area contributed by atoms with Gasteiger partial charge in [-0.15, -0.1) is 0 Å². The normalized spacial score (nSPS) is 19.8. The first kappa shape index (κ1) is 22.8. The van der Waals surface area contributed by atoms with Gasteiger partial charge in [0.2, 0.25) is 0 Å². The lowest BCUT2D eigenvalue weighted by molar-refractivity contribution is -0.151. The highest BCUT2D eigenvalue weighted by atomic mass is 16.6. The Morgan fingerprint density at radius 1 is 1.28 bits per heavy atom. The third kappa shape index (κ3) is 5.84. The second-order valence-electron chi connectivity index (χ2n) is 7.20. The first-order chi connectivity index (χ1) is 15.4. The smallest absolute Gasteiger partial charge is 0.330 e. The van der Waals surface area contributed by atoms with Crippen LogP contribution < -0.4 is 11.2 Å². The zero-order valence-electron chi connectivity index (χ0n) is 16.9. The van der Waals surface area contributed by atoms with Gasteiger partial charge in [0.25, 0.3) is 5.56 Å². The number of aromatic nitrogens is 2. The molecule has 0 amide bonds. The van der Waals surface area contributed by atoms with Crippen LogP contribution in [0.1, 0.15) is 36.6 Å². The quantitative estimate of drug-likeness (QED) is 0.255. The highest BCUT2D eigenvalue weighted by Crippen LogP contribution is 2.30. The zero-order chi connectivity index (χ0) is 23.1. The van der Waals surface area contributed by atoms with Gasteiger partial charge in [-0.3, -0.25) is 23.9 Å². The molecule has 168 valence electrons. The van der Waals surface area contributed by atoms with Crippen molar-refractivity contribution in [3.05, 3.63) is 78.9 Å². The fraction of sp³-hybridized carbons (Fsp3) is 0.400. The van der Waals surface area contributed by atoms with Crippen LogP contribution in [0.25, 0.3) is 10.4 Å². The van der Waals surface area contributed by atoms with E-state index in [0.717, 1.165) is 5.56 Å². The number of azide groups is 1. The maximum Gasteiger partial charge on any atom is 0.330 e. The van der Waals surface area contributed by atoms with Crippen LogP contribution in [0.15, 0.2) is 51.2 Å². The molecule has 2 aromatic rings. The summed E-state index contributed by atoms with van der Waals surface area (Å²) in [6.07, 6.45) is -0.532. The van der Waals surface area contributed by atoms with E-state index < -0.39 is 41.6 Å². The predicted octanol–water partition coefficient (Wildman–Crippen LogP) is 1.50. The van der Waals surface area contributed by atoms with Crippen molar-refractivity contribution in [3.63, 3.8) is 0 Å². The first-order valence-corrected chi connectivity index (χ1v) is 9.82. The Labute approximate surface area is 181 Å². The summed E-state index contributed by atoms with van der Waals surface area (Å²) in [5.41, 5.74) is 8.88. The molecule has 3 rings (SSSR count). The number of nitrogens with one attached hydrogen (secondary N) is 1. The lowest BCUT2D eigenvalue weighted by Crippen LogP contribution is -2.34. The molecule has 0 aliphatic carbocycles. The van der Waals surface area contributed by atoms with E-state index in [1.807, 2.05) is 30.3 Å². The van der Waals surface area contributed by atoms with Crippen LogP contribution in [0, 0.1) is 0 Å². The van der Waals surface area contributed by atoms with Gasteiger partial charge in [-0.2, -0.15) is 0 Å². The first-order valence-electron chi connectivity index (χ1n) is 9.82. The Bertz CT molecular complexity index is 1140. The summed E-state index contributed by atoms with van der Waals surface area (Å²) in [6, 6.07) is 8.51. The molecule has 1 saturated heterocycles. The van der Waals surface area contributed by atoms with Crippen LogP contribution in [0.5, 0.6) is 0 Å². The predicted molar refractivity (Wildman–Crippen MR) is 110 cm³/mol. The number of aliphatic carboxylic acids is 1. The summed E-state index contributed by atoms with van der Waals surface area (Å²) in [7, 11) is 0. The molecular formula is C20H21N5O7. The summed E-state index contributed by atoms with van der Waals surface area (Å²) < 4.78 is 12.0. The Morgan fingerprint density at radius 2 is 2.03 bits per heavy atom. The molecule has 2 N–H and O–H groups in total. The highest BCUT2D eigenvalue weighted by molar-refractivity contribution is 5.76. The van der Waals surface area contributed by atoms with Crippen molar-refractivity contribution in [2.75, 3.05) is 6.61 Å². The van der Waals surface area contributed by atoms with Crippen molar-refractivity contribution in [3.8, 4) is 0 Å². The Morgan fingerprint density at radius 3 is 2.72 bits per heavy atom. The number of hydrogen-bond acceptors (Lipinski definition) is 7. The van der Waals surface area contributed by atoms with E-state index in [9.17, 15) is 19.2 Å². The van der Waals surface area contributed by atoms with Gasteiger partial charge >= 0.3 is 17.6 Å². The number of esters is 1. The number of carboxylic acids is 1. The molecule has 1 aromatic heterocycles. The summed E-state index contributed by atoms with van der Waals surface area (Å²) in [4.78, 5) is 51.9. The Kier molecular flexibility index (Phi) is 7.42. The molecule has 1 aliphatic heterocycles. The van der Waals surface area contributed by atoms with Crippen LogP contribution in [-0.4, -0.2) is 45.3 Å². The maximum absolute atomic E-state index is 12.4. The number of carbonyl (C=O) groups excluding carboxylic acids is 1. The fourth-order valence-corrected chi connectivity index (χ4v) is 3.36. The van der Waals surface area contributed by atoms with Gasteiger partial charge in [0.05, 0.1) is 18.9 Å². The topological polar surface area (TPSA) is 176 Å². The molecule has 1 fully saturated rings. The minimum atomic E-state index is -1.13. The van der Waals surface area contributed by atoms with Gasteiger partial charge in [-0.05, 0) is 11.1 Å². The summed E-state index contributed by atoms with van der Waals surface area (Å²) >= 11 is 0. The van der Waals surface area contributed by atoms with E-state index in [-0.39, 0.29) is 25.9 Å². The minimum absolute atomic E-state index is 0.123. The van der Waals surface area contributed by atoms with Gasteiger partial charge in [0.1, 0.15) is 18.9 Å². The molecular weight excluding hydrogens is 422 g/mol. The molecule has 12 heteroatoms. The van der Waals surface area contributed by atoms with E-state index in [1.54, 1.807) is 0 Å². The molecule has 12 nitrogen and oxygen atoms in total.